The molecule has 2 heterocycles. The highest BCUT2D eigenvalue weighted by Gasteiger charge is 2.43. The van der Waals surface area contributed by atoms with Gasteiger partial charge in [0.15, 0.2) is 0 Å². The second-order valence-electron chi connectivity index (χ2n) is 7.72. The molecule has 186 valence electrons. The van der Waals surface area contributed by atoms with Crippen molar-refractivity contribution in [2.75, 3.05) is 10.2 Å². The van der Waals surface area contributed by atoms with Gasteiger partial charge >= 0.3 is 17.6 Å². The molecule has 0 bridgehead atoms. The van der Waals surface area contributed by atoms with E-state index in [1.807, 2.05) is 0 Å². The Bertz CT molecular complexity index is 1270. The number of benzene rings is 2. The van der Waals surface area contributed by atoms with E-state index in [0.29, 0.717) is 17.0 Å². The molecule has 2 aromatic carbocycles. The zero-order valence-electron chi connectivity index (χ0n) is 18.7. The molecule has 36 heavy (non-hydrogen) atoms. The van der Waals surface area contributed by atoms with E-state index in [0.717, 1.165) is 4.90 Å². The molecule has 2 N–H and O–H groups in total. The summed E-state index contributed by atoms with van der Waals surface area (Å²) in [4.78, 5) is 42.9. The number of imide groups is 1. The first-order chi connectivity index (χ1) is 17.1. The zero-order chi connectivity index (χ0) is 25.9. The van der Waals surface area contributed by atoms with Crippen LogP contribution < -0.4 is 20.3 Å². The third-order valence-corrected chi connectivity index (χ3v) is 6.07. The van der Waals surface area contributed by atoms with Crippen molar-refractivity contribution >= 4 is 41.2 Å². The maximum Gasteiger partial charge on any atom is 0.446 e. The summed E-state index contributed by atoms with van der Waals surface area (Å²) in [6.45, 7) is 1.69. The first kappa shape index (κ1) is 25.0. The number of hydrogen-bond acceptors (Lipinski definition) is 6. The van der Waals surface area contributed by atoms with Crippen LogP contribution in [0.25, 0.3) is 0 Å². The Morgan fingerprint density at radius 1 is 1.11 bits per heavy atom. The summed E-state index contributed by atoms with van der Waals surface area (Å²) >= 11 is -0.292. The van der Waals surface area contributed by atoms with Crippen LogP contribution in [0.15, 0.2) is 78.0 Å². The summed E-state index contributed by atoms with van der Waals surface area (Å²) in [6, 6.07) is 13.3. The van der Waals surface area contributed by atoms with Crippen LogP contribution in [0.3, 0.4) is 0 Å². The molecule has 1 aliphatic heterocycles. The number of anilines is 2. The lowest BCUT2D eigenvalue weighted by Crippen LogP contribution is -2.35. The molecular weight excluding hydrogens is 497 g/mol. The molecule has 3 aromatic rings. The van der Waals surface area contributed by atoms with E-state index >= 15 is 0 Å². The highest BCUT2D eigenvalue weighted by Crippen LogP contribution is 2.38. The van der Waals surface area contributed by atoms with E-state index in [2.05, 4.69) is 15.6 Å². The fourth-order valence-electron chi connectivity index (χ4n) is 3.70. The van der Waals surface area contributed by atoms with Gasteiger partial charge < -0.3 is 10.1 Å². The molecule has 0 aliphatic carbocycles. The third-order valence-electron chi connectivity index (χ3n) is 5.33. The topological polar surface area (TPSA) is 101 Å². The molecule has 12 heteroatoms. The van der Waals surface area contributed by atoms with Gasteiger partial charge in [-0.05, 0) is 59.8 Å². The Morgan fingerprint density at radius 3 is 2.47 bits per heavy atom. The van der Waals surface area contributed by atoms with Crippen LogP contribution in [0.1, 0.15) is 18.4 Å². The van der Waals surface area contributed by atoms with Crippen molar-refractivity contribution < 1.29 is 32.3 Å². The third kappa shape index (κ3) is 5.77. The number of para-hydroxylation sites is 1. The predicted molar refractivity (Wildman–Crippen MR) is 127 cm³/mol. The number of aromatic nitrogens is 1. The SMILES string of the molecule is CC(c1ccncc1NC(=O)Oc1ccccc1)C1NC(=O)N(c2ccc(SC(F)(F)F)cc2)C1=O. The number of nitrogens with zero attached hydrogens (tertiary/aromatic N) is 2. The lowest BCUT2D eigenvalue weighted by Gasteiger charge is -2.21. The van der Waals surface area contributed by atoms with Crippen LogP contribution in [-0.4, -0.2) is 34.6 Å². The largest absolute Gasteiger partial charge is 0.446 e. The van der Waals surface area contributed by atoms with Gasteiger partial charge in [0, 0.05) is 17.0 Å². The fraction of sp³-hybridized carbons (Fsp3) is 0.167. The van der Waals surface area contributed by atoms with Crippen molar-refractivity contribution in [3.8, 4) is 5.75 Å². The van der Waals surface area contributed by atoms with Gasteiger partial charge in [-0.2, -0.15) is 13.2 Å². The summed E-state index contributed by atoms with van der Waals surface area (Å²) in [5, 5.41) is 5.21. The molecular formula is C24H19F3N4O4S. The number of nitrogens with one attached hydrogen (secondary N) is 2. The minimum Gasteiger partial charge on any atom is -0.410 e. The number of halogens is 3. The quantitative estimate of drug-likeness (QED) is 0.330. The van der Waals surface area contributed by atoms with Crippen LogP contribution >= 0.6 is 11.8 Å². The molecule has 0 spiro atoms. The average molecular weight is 517 g/mol. The smallest absolute Gasteiger partial charge is 0.410 e. The Hall–Kier alpha value is -4.06. The van der Waals surface area contributed by atoms with Crippen molar-refractivity contribution in [2.24, 2.45) is 0 Å². The predicted octanol–water partition coefficient (Wildman–Crippen LogP) is 5.53. The van der Waals surface area contributed by atoms with Gasteiger partial charge in [0.25, 0.3) is 5.91 Å². The molecule has 2 unspecified atom stereocenters. The average Bonchev–Trinajstić information content (AvgIpc) is 3.13. The highest BCUT2D eigenvalue weighted by atomic mass is 32.2. The Morgan fingerprint density at radius 2 is 1.81 bits per heavy atom. The van der Waals surface area contributed by atoms with Crippen molar-refractivity contribution in [2.45, 2.75) is 29.3 Å². The highest BCUT2D eigenvalue weighted by molar-refractivity contribution is 8.00. The zero-order valence-corrected chi connectivity index (χ0v) is 19.5. The normalized spacial score (nSPS) is 16.4. The summed E-state index contributed by atoms with van der Waals surface area (Å²) in [5.41, 5.74) is -3.50. The molecule has 1 aromatic heterocycles. The number of ether oxygens (including phenoxy) is 1. The fourth-order valence-corrected chi connectivity index (χ4v) is 4.24. The number of carbonyl (C=O) groups is 3. The van der Waals surface area contributed by atoms with E-state index in [-0.39, 0.29) is 22.3 Å². The summed E-state index contributed by atoms with van der Waals surface area (Å²) < 4.78 is 43.0. The van der Waals surface area contributed by atoms with Gasteiger partial charge in [-0.3, -0.25) is 15.1 Å². The Kier molecular flexibility index (Phi) is 7.15. The summed E-state index contributed by atoms with van der Waals surface area (Å²) in [7, 11) is 0. The van der Waals surface area contributed by atoms with Crippen molar-refractivity contribution in [3.05, 3.63) is 78.6 Å². The van der Waals surface area contributed by atoms with Gasteiger partial charge in [0.2, 0.25) is 0 Å². The van der Waals surface area contributed by atoms with E-state index in [9.17, 15) is 27.6 Å². The molecule has 0 radical (unpaired) electrons. The summed E-state index contributed by atoms with van der Waals surface area (Å²) in [6.07, 6.45) is 2.12. The van der Waals surface area contributed by atoms with Crippen molar-refractivity contribution in [1.82, 2.24) is 10.3 Å². The number of urea groups is 1. The van der Waals surface area contributed by atoms with Crippen LogP contribution in [0, 0.1) is 0 Å². The van der Waals surface area contributed by atoms with Crippen LogP contribution in [0.5, 0.6) is 5.75 Å². The number of pyridine rings is 1. The lowest BCUT2D eigenvalue weighted by atomic mass is 9.92. The lowest BCUT2D eigenvalue weighted by molar-refractivity contribution is -0.118. The van der Waals surface area contributed by atoms with Gasteiger partial charge in [-0.1, -0.05) is 25.1 Å². The van der Waals surface area contributed by atoms with E-state index in [1.165, 1.54) is 36.7 Å². The molecule has 2 atom stereocenters. The van der Waals surface area contributed by atoms with Gasteiger partial charge in [-0.15, -0.1) is 0 Å². The second kappa shape index (κ2) is 10.3. The molecule has 0 saturated carbocycles. The second-order valence-corrected chi connectivity index (χ2v) is 8.86. The maximum atomic E-state index is 13.1. The van der Waals surface area contributed by atoms with Gasteiger partial charge in [0.05, 0.1) is 17.6 Å². The Balaban J connectivity index is 1.49. The molecule has 4 amide bonds. The first-order valence-corrected chi connectivity index (χ1v) is 11.4. The first-order valence-electron chi connectivity index (χ1n) is 10.6. The Labute approximate surface area is 207 Å². The molecule has 8 nitrogen and oxygen atoms in total. The van der Waals surface area contributed by atoms with E-state index in [1.54, 1.807) is 43.3 Å². The van der Waals surface area contributed by atoms with Gasteiger partial charge in [-0.25, -0.2) is 14.5 Å². The monoisotopic (exact) mass is 516 g/mol. The molecule has 1 saturated heterocycles. The minimum absolute atomic E-state index is 0.0712. The number of rotatable bonds is 6. The summed E-state index contributed by atoms with van der Waals surface area (Å²) in [5.74, 6) is -0.845. The maximum absolute atomic E-state index is 13.1. The molecule has 4 rings (SSSR count). The standard InChI is InChI=1S/C24H19F3N4O4S/c1-14(18-11-12-28-13-19(18)29-23(34)35-16-5-3-2-4-6-16)20-21(32)31(22(33)30-20)15-7-9-17(10-8-15)36-24(25,26)27/h2-14,20H,1H3,(H,29,34)(H,30,33). The van der Waals surface area contributed by atoms with Crippen LogP contribution in [-0.2, 0) is 4.79 Å². The van der Waals surface area contributed by atoms with Crippen LogP contribution in [0.2, 0.25) is 0 Å². The minimum atomic E-state index is -4.45. The number of amides is 4. The number of hydrogen-bond donors (Lipinski definition) is 2. The molecule has 1 fully saturated rings. The number of alkyl halides is 3. The van der Waals surface area contributed by atoms with Crippen molar-refractivity contribution in [3.63, 3.8) is 0 Å². The van der Waals surface area contributed by atoms with Gasteiger partial charge in [0.1, 0.15) is 11.8 Å². The number of thioether (sulfide) groups is 1. The van der Waals surface area contributed by atoms with E-state index in [4.69, 9.17) is 4.74 Å². The molecule has 1 aliphatic rings. The van der Waals surface area contributed by atoms with Crippen molar-refractivity contribution in [1.29, 1.82) is 0 Å². The van der Waals surface area contributed by atoms with Crippen LogP contribution in [0.4, 0.5) is 34.1 Å². The van der Waals surface area contributed by atoms with E-state index < -0.39 is 35.5 Å². The number of carbonyl (C=O) groups excluding carboxylic acids is 3.